The molecule has 0 atom stereocenters. The summed E-state index contributed by atoms with van der Waals surface area (Å²) in [4.78, 5) is 28.9. The Bertz CT molecular complexity index is 811. The van der Waals surface area contributed by atoms with Gasteiger partial charge < -0.3 is 15.4 Å². The minimum atomic E-state index is -0.439. The molecule has 1 aliphatic rings. The van der Waals surface area contributed by atoms with E-state index in [4.69, 9.17) is 4.74 Å². The fraction of sp³-hybridized carbons (Fsp3) is 0.188. The maximum absolute atomic E-state index is 12.4. The van der Waals surface area contributed by atoms with Crippen LogP contribution < -0.4 is 10.6 Å². The lowest BCUT2D eigenvalue weighted by Gasteiger charge is -2.09. The van der Waals surface area contributed by atoms with Crippen LogP contribution in [0.3, 0.4) is 0 Å². The summed E-state index contributed by atoms with van der Waals surface area (Å²) < 4.78 is 4.70. The van der Waals surface area contributed by atoms with Crippen LogP contribution in [0.2, 0.25) is 0 Å². The quantitative estimate of drug-likeness (QED) is 0.847. The molecular formula is C16H15N3O3S. The third-order valence-corrected chi connectivity index (χ3v) is 4.51. The summed E-state index contributed by atoms with van der Waals surface area (Å²) in [6.45, 7) is 2.52. The molecule has 0 saturated carbocycles. The molecule has 3 rings (SSSR count). The zero-order valence-electron chi connectivity index (χ0n) is 12.7. The summed E-state index contributed by atoms with van der Waals surface area (Å²) in [5.74, 6) is -0.669. The zero-order chi connectivity index (χ0) is 16.4. The number of carbonyl (C=O) groups is 2. The summed E-state index contributed by atoms with van der Waals surface area (Å²) in [6.07, 6.45) is 1.76. The Labute approximate surface area is 137 Å². The maximum atomic E-state index is 12.4. The third-order valence-electron chi connectivity index (χ3n) is 3.43. The number of carbonyl (C=O) groups excluding carboxylic acids is 2. The highest BCUT2D eigenvalue weighted by atomic mass is 32.1. The summed E-state index contributed by atoms with van der Waals surface area (Å²) >= 11 is 1.36. The van der Waals surface area contributed by atoms with Gasteiger partial charge in [-0.1, -0.05) is 6.07 Å². The van der Waals surface area contributed by atoms with Crippen molar-refractivity contribution in [1.82, 2.24) is 0 Å². The molecule has 0 radical (unpaired) electrons. The van der Waals surface area contributed by atoms with Crippen LogP contribution in [0.25, 0.3) is 0 Å². The van der Waals surface area contributed by atoms with Crippen molar-refractivity contribution in [3.05, 3.63) is 40.3 Å². The second-order valence-corrected chi connectivity index (χ2v) is 6.05. The van der Waals surface area contributed by atoms with E-state index in [-0.39, 0.29) is 5.91 Å². The van der Waals surface area contributed by atoms with E-state index in [9.17, 15) is 9.59 Å². The van der Waals surface area contributed by atoms with Crippen LogP contribution >= 0.6 is 11.3 Å². The molecule has 1 amide bonds. The van der Waals surface area contributed by atoms with Crippen molar-refractivity contribution in [3.63, 3.8) is 0 Å². The Morgan fingerprint density at radius 3 is 2.91 bits per heavy atom. The van der Waals surface area contributed by atoms with Crippen LogP contribution in [0.5, 0.6) is 0 Å². The molecule has 7 heteroatoms. The number of thiophene rings is 1. The molecule has 23 heavy (non-hydrogen) atoms. The number of nitrogens with one attached hydrogen (secondary N) is 2. The van der Waals surface area contributed by atoms with E-state index in [0.717, 1.165) is 16.3 Å². The number of ether oxygens (including phenoxy) is 1. The molecule has 0 aliphatic carbocycles. The van der Waals surface area contributed by atoms with Crippen molar-refractivity contribution in [2.45, 2.75) is 6.92 Å². The number of esters is 1. The minimum absolute atomic E-state index is 0.230. The third kappa shape index (κ3) is 3.09. The van der Waals surface area contributed by atoms with Gasteiger partial charge >= 0.3 is 5.97 Å². The Morgan fingerprint density at radius 2 is 2.17 bits per heavy atom. The van der Waals surface area contributed by atoms with E-state index in [1.807, 2.05) is 6.92 Å². The van der Waals surface area contributed by atoms with E-state index in [0.29, 0.717) is 22.7 Å². The Kier molecular flexibility index (Phi) is 4.12. The highest BCUT2D eigenvalue weighted by Crippen LogP contribution is 2.36. The number of aliphatic imine (C=N–C) groups is 1. The molecule has 0 unspecified atom stereocenters. The lowest BCUT2D eigenvalue weighted by atomic mass is 10.1. The van der Waals surface area contributed by atoms with Crippen LogP contribution in [0.15, 0.2) is 29.3 Å². The van der Waals surface area contributed by atoms with Gasteiger partial charge in [-0.05, 0) is 30.7 Å². The molecule has 118 valence electrons. The first-order valence-electron chi connectivity index (χ1n) is 6.99. The van der Waals surface area contributed by atoms with Gasteiger partial charge in [0.1, 0.15) is 5.00 Å². The molecule has 0 bridgehead atoms. The number of anilines is 2. The summed E-state index contributed by atoms with van der Waals surface area (Å²) in [6, 6.07) is 6.80. The Hall–Kier alpha value is -2.67. The average molecular weight is 329 g/mol. The number of fused-ring (bicyclic) bond motifs is 1. The van der Waals surface area contributed by atoms with Gasteiger partial charge in [0.05, 0.1) is 29.8 Å². The molecule has 2 aromatic rings. The van der Waals surface area contributed by atoms with Gasteiger partial charge in [-0.2, -0.15) is 0 Å². The average Bonchev–Trinajstić information content (AvgIpc) is 3.00. The monoisotopic (exact) mass is 329 g/mol. The van der Waals surface area contributed by atoms with Crippen LogP contribution in [0.4, 0.5) is 16.4 Å². The minimum Gasteiger partial charge on any atom is -0.465 e. The van der Waals surface area contributed by atoms with Gasteiger partial charge in [0.15, 0.2) is 0 Å². The van der Waals surface area contributed by atoms with Crippen LogP contribution in [0, 0.1) is 6.92 Å². The van der Waals surface area contributed by atoms with E-state index in [2.05, 4.69) is 15.6 Å². The van der Waals surface area contributed by atoms with Gasteiger partial charge in [-0.3, -0.25) is 9.79 Å². The van der Waals surface area contributed by atoms with Crippen molar-refractivity contribution < 1.29 is 14.3 Å². The van der Waals surface area contributed by atoms with Gasteiger partial charge in [0, 0.05) is 11.9 Å². The second-order valence-electron chi connectivity index (χ2n) is 4.99. The highest BCUT2D eigenvalue weighted by molar-refractivity contribution is 7.18. The van der Waals surface area contributed by atoms with Crippen molar-refractivity contribution >= 4 is 45.8 Å². The molecule has 1 aromatic carbocycles. The smallest absolute Gasteiger partial charge is 0.337 e. The van der Waals surface area contributed by atoms with Crippen molar-refractivity contribution in [3.8, 4) is 0 Å². The summed E-state index contributed by atoms with van der Waals surface area (Å²) in [5.41, 5.74) is 2.61. The molecule has 6 nitrogen and oxygen atoms in total. The van der Waals surface area contributed by atoms with E-state index in [1.54, 1.807) is 30.5 Å². The number of aryl methyl sites for hydroxylation is 1. The largest absolute Gasteiger partial charge is 0.465 e. The van der Waals surface area contributed by atoms with Gasteiger partial charge in [-0.25, -0.2) is 4.79 Å². The van der Waals surface area contributed by atoms with Gasteiger partial charge in [0.2, 0.25) is 0 Å². The summed E-state index contributed by atoms with van der Waals surface area (Å²) in [7, 11) is 1.32. The molecule has 2 N–H and O–H groups in total. The lowest BCUT2D eigenvalue weighted by Crippen LogP contribution is -2.12. The fourth-order valence-corrected chi connectivity index (χ4v) is 3.09. The zero-order valence-corrected chi connectivity index (χ0v) is 13.5. The van der Waals surface area contributed by atoms with E-state index >= 15 is 0 Å². The maximum Gasteiger partial charge on any atom is 0.337 e. The van der Waals surface area contributed by atoms with E-state index < -0.39 is 5.97 Å². The van der Waals surface area contributed by atoms with Crippen LogP contribution in [-0.4, -0.2) is 31.7 Å². The predicted molar refractivity (Wildman–Crippen MR) is 91.4 cm³/mol. The molecule has 0 saturated heterocycles. The molecule has 0 fully saturated rings. The number of nitrogens with zero attached hydrogens (tertiary/aromatic N) is 1. The SMILES string of the molecule is COC(=O)c1ccc(C)c(NC(=O)c2cc3c(s2)NCC=N3)c1. The van der Waals surface area contributed by atoms with Crippen molar-refractivity contribution in [1.29, 1.82) is 0 Å². The first-order valence-corrected chi connectivity index (χ1v) is 7.80. The lowest BCUT2D eigenvalue weighted by molar-refractivity contribution is 0.0600. The predicted octanol–water partition coefficient (Wildman–Crippen LogP) is 3.22. The number of methoxy groups -OCH3 is 1. The van der Waals surface area contributed by atoms with Crippen molar-refractivity contribution in [2.75, 3.05) is 24.3 Å². The van der Waals surface area contributed by atoms with Crippen LogP contribution in [0.1, 0.15) is 25.6 Å². The number of amides is 1. The first-order chi connectivity index (χ1) is 11.1. The molecule has 0 spiro atoms. The number of benzene rings is 1. The normalized spacial score (nSPS) is 12.3. The number of hydrogen-bond acceptors (Lipinski definition) is 6. The molecule has 1 aromatic heterocycles. The standard InChI is InChI=1S/C16H15N3O3S/c1-9-3-4-10(16(21)22-2)7-11(9)19-14(20)13-8-12-15(23-13)18-6-5-17-12/h3-5,7-8,18H,6H2,1-2H3,(H,19,20). The van der Waals surface area contributed by atoms with Crippen molar-refractivity contribution in [2.24, 2.45) is 4.99 Å². The van der Waals surface area contributed by atoms with Gasteiger partial charge in [-0.15, -0.1) is 11.3 Å². The van der Waals surface area contributed by atoms with Crippen LogP contribution in [-0.2, 0) is 4.74 Å². The Morgan fingerprint density at radius 1 is 1.35 bits per heavy atom. The number of hydrogen-bond donors (Lipinski definition) is 2. The molecule has 1 aliphatic heterocycles. The second kappa shape index (κ2) is 6.21. The molecular weight excluding hydrogens is 314 g/mol. The van der Waals surface area contributed by atoms with E-state index in [1.165, 1.54) is 18.4 Å². The highest BCUT2D eigenvalue weighted by Gasteiger charge is 2.17. The topological polar surface area (TPSA) is 79.8 Å². The first kappa shape index (κ1) is 15.2. The summed E-state index contributed by atoms with van der Waals surface area (Å²) in [5, 5.41) is 6.90. The molecule has 2 heterocycles. The fourth-order valence-electron chi connectivity index (χ4n) is 2.18. The number of rotatable bonds is 3. The van der Waals surface area contributed by atoms with Gasteiger partial charge in [0.25, 0.3) is 5.91 Å². The Balaban J connectivity index is 1.84.